The van der Waals surface area contributed by atoms with Gasteiger partial charge in [0, 0.05) is 12.3 Å². The van der Waals surface area contributed by atoms with Crippen LogP contribution in [-0.2, 0) is 0 Å². The van der Waals surface area contributed by atoms with E-state index >= 15 is 0 Å². The zero-order valence-corrected chi connectivity index (χ0v) is 14.9. The number of ether oxygens (including phenoxy) is 1. The summed E-state index contributed by atoms with van der Waals surface area (Å²) < 4.78 is 11.4. The number of hydrogen-bond acceptors (Lipinski definition) is 4. The molecule has 0 bridgehead atoms. The van der Waals surface area contributed by atoms with Gasteiger partial charge in [0.2, 0.25) is 0 Å². The maximum atomic E-state index is 6.04. The number of aliphatic imine (C=N–C) groups is 1. The topological polar surface area (TPSA) is 73.6 Å². The van der Waals surface area contributed by atoms with Crippen LogP contribution in [0.15, 0.2) is 70.4 Å². The normalized spacial score (nSPS) is 11.2. The van der Waals surface area contributed by atoms with Crippen LogP contribution in [0.4, 0.5) is 5.69 Å². The third-order valence-electron chi connectivity index (χ3n) is 3.29. The second-order valence-corrected chi connectivity index (χ2v) is 5.54. The summed E-state index contributed by atoms with van der Waals surface area (Å²) >= 11 is 0. The Labute approximate surface area is 153 Å². The summed E-state index contributed by atoms with van der Waals surface area (Å²) in [5, 5.41) is 0. The summed E-state index contributed by atoms with van der Waals surface area (Å²) in [5.74, 6) is 1.81. The van der Waals surface area contributed by atoms with Crippen LogP contribution >= 0.6 is 12.4 Å². The molecule has 0 saturated heterocycles. The Bertz CT molecular complexity index is 831. The standard InChI is InChI=1S/C19H19N3O2.ClH/c1-13(2)24-18-12-14(8-9-15(18)17-7-5-11-23-17)22-19(20)16-6-3-4-10-21-16;/h3-13H,1-2H3,(H2,20,22);1H. The smallest absolute Gasteiger partial charge is 0.150 e. The van der Waals surface area contributed by atoms with Crippen LogP contribution in [0.25, 0.3) is 11.3 Å². The molecule has 0 aliphatic heterocycles. The van der Waals surface area contributed by atoms with E-state index in [1.807, 2.05) is 62.4 Å². The van der Waals surface area contributed by atoms with Gasteiger partial charge in [0.05, 0.1) is 23.6 Å². The van der Waals surface area contributed by atoms with E-state index in [1.165, 1.54) is 0 Å². The Hall–Kier alpha value is -2.79. The molecule has 0 aliphatic carbocycles. The van der Waals surface area contributed by atoms with Crippen molar-refractivity contribution in [2.24, 2.45) is 10.7 Å². The van der Waals surface area contributed by atoms with Crippen molar-refractivity contribution >= 4 is 23.9 Å². The second kappa shape index (κ2) is 8.35. The van der Waals surface area contributed by atoms with Crippen molar-refractivity contribution in [1.29, 1.82) is 0 Å². The second-order valence-electron chi connectivity index (χ2n) is 5.54. The maximum Gasteiger partial charge on any atom is 0.150 e. The quantitative estimate of drug-likeness (QED) is 0.535. The van der Waals surface area contributed by atoms with Gasteiger partial charge in [-0.2, -0.15) is 0 Å². The Kier molecular flexibility index (Phi) is 6.19. The van der Waals surface area contributed by atoms with E-state index in [0.29, 0.717) is 23.0 Å². The number of halogens is 1. The lowest BCUT2D eigenvalue weighted by Gasteiger charge is -2.14. The highest BCUT2D eigenvalue weighted by Gasteiger charge is 2.12. The molecule has 2 heterocycles. The number of aromatic nitrogens is 1. The lowest BCUT2D eigenvalue weighted by molar-refractivity contribution is 0.243. The minimum atomic E-state index is 0. The van der Waals surface area contributed by atoms with Gasteiger partial charge in [-0.05, 0) is 50.2 Å². The summed E-state index contributed by atoms with van der Waals surface area (Å²) in [7, 11) is 0. The Morgan fingerprint density at radius 1 is 1.16 bits per heavy atom. The van der Waals surface area contributed by atoms with Gasteiger partial charge >= 0.3 is 0 Å². The Morgan fingerprint density at radius 3 is 2.64 bits per heavy atom. The van der Waals surface area contributed by atoms with Crippen molar-refractivity contribution in [3.63, 3.8) is 0 Å². The van der Waals surface area contributed by atoms with Gasteiger partial charge in [-0.15, -0.1) is 12.4 Å². The molecule has 3 rings (SSSR count). The third kappa shape index (κ3) is 4.61. The summed E-state index contributed by atoms with van der Waals surface area (Å²) in [6.07, 6.45) is 3.36. The minimum Gasteiger partial charge on any atom is -0.490 e. The molecule has 25 heavy (non-hydrogen) atoms. The minimum absolute atomic E-state index is 0. The first-order valence-electron chi connectivity index (χ1n) is 7.73. The van der Waals surface area contributed by atoms with Gasteiger partial charge in [0.1, 0.15) is 23.0 Å². The summed E-state index contributed by atoms with van der Waals surface area (Å²) in [4.78, 5) is 8.64. The number of nitrogens with two attached hydrogens (primary N) is 1. The number of pyridine rings is 1. The largest absolute Gasteiger partial charge is 0.490 e. The number of benzene rings is 1. The fraction of sp³-hybridized carbons (Fsp3) is 0.158. The van der Waals surface area contributed by atoms with E-state index in [0.717, 1.165) is 11.3 Å². The molecule has 3 aromatic rings. The molecule has 0 amide bonds. The van der Waals surface area contributed by atoms with Gasteiger partial charge in [-0.25, -0.2) is 4.99 Å². The number of furan rings is 1. The van der Waals surface area contributed by atoms with Gasteiger partial charge in [-0.3, -0.25) is 4.98 Å². The third-order valence-corrected chi connectivity index (χ3v) is 3.29. The predicted molar refractivity (Wildman–Crippen MR) is 102 cm³/mol. The lowest BCUT2D eigenvalue weighted by atomic mass is 10.1. The number of rotatable bonds is 5. The first-order chi connectivity index (χ1) is 11.6. The summed E-state index contributed by atoms with van der Waals surface area (Å²) in [6, 6.07) is 14.9. The molecule has 0 fully saturated rings. The summed E-state index contributed by atoms with van der Waals surface area (Å²) in [5.41, 5.74) is 8.25. The molecule has 0 radical (unpaired) electrons. The van der Waals surface area contributed by atoms with Crippen molar-refractivity contribution in [2.75, 3.05) is 0 Å². The van der Waals surface area contributed by atoms with E-state index in [1.54, 1.807) is 12.5 Å². The fourth-order valence-corrected chi connectivity index (χ4v) is 2.28. The van der Waals surface area contributed by atoms with Crippen LogP contribution < -0.4 is 10.5 Å². The van der Waals surface area contributed by atoms with Crippen LogP contribution in [0.2, 0.25) is 0 Å². The van der Waals surface area contributed by atoms with Crippen LogP contribution in [0.5, 0.6) is 5.75 Å². The molecule has 1 aromatic carbocycles. The highest BCUT2D eigenvalue weighted by molar-refractivity contribution is 5.97. The van der Waals surface area contributed by atoms with Crippen molar-refractivity contribution in [3.8, 4) is 17.1 Å². The van der Waals surface area contributed by atoms with Gasteiger partial charge < -0.3 is 14.9 Å². The van der Waals surface area contributed by atoms with E-state index in [4.69, 9.17) is 14.9 Å². The number of amidine groups is 1. The molecule has 6 heteroatoms. The lowest BCUT2D eigenvalue weighted by Crippen LogP contribution is -2.14. The fourth-order valence-electron chi connectivity index (χ4n) is 2.28. The molecule has 130 valence electrons. The molecule has 0 spiro atoms. The van der Waals surface area contributed by atoms with Crippen LogP contribution in [0, 0.1) is 0 Å². The SMILES string of the molecule is CC(C)Oc1cc(N=C(N)c2ccccn2)ccc1-c1ccco1.Cl. The zero-order valence-electron chi connectivity index (χ0n) is 14.0. The van der Waals surface area contributed by atoms with Crippen molar-refractivity contribution in [1.82, 2.24) is 4.98 Å². The van der Waals surface area contributed by atoms with Crippen LogP contribution in [-0.4, -0.2) is 16.9 Å². The zero-order chi connectivity index (χ0) is 16.9. The molecule has 0 atom stereocenters. The average molecular weight is 358 g/mol. The van der Waals surface area contributed by atoms with Crippen molar-refractivity contribution in [2.45, 2.75) is 20.0 Å². The Balaban J connectivity index is 0.00000225. The van der Waals surface area contributed by atoms with Crippen LogP contribution in [0.1, 0.15) is 19.5 Å². The molecular weight excluding hydrogens is 338 g/mol. The number of nitrogens with zero attached hydrogens (tertiary/aromatic N) is 2. The maximum absolute atomic E-state index is 6.04. The first kappa shape index (κ1) is 18.5. The first-order valence-corrected chi connectivity index (χ1v) is 7.73. The number of hydrogen-bond donors (Lipinski definition) is 1. The molecule has 0 aliphatic rings. The van der Waals surface area contributed by atoms with E-state index in [9.17, 15) is 0 Å². The molecule has 0 saturated carbocycles. The average Bonchev–Trinajstić information content (AvgIpc) is 3.09. The molecule has 0 unspecified atom stereocenters. The van der Waals surface area contributed by atoms with Gasteiger partial charge in [0.25, 0.3) is 0 Å². The van der Waals surface area contributed by atoms with Gasteiger partial charge in [0.15, 0.2) is 0 Å². The van der Waals surface area contributed by atoms with E-state index < -0.39 is 0 Å². The van der Waals surface area contributed by atoms with Gasteiger partial charge in [-0.1, -0.05) is 6.07 Å². The highest BCUT2D eigenvalue weighted by atomic mass is 35.5. The highest BCUT2D eigenvalue weighted by Crippen LogP contribution is 2.34. The van der Waals surface area contributed by atoms with E-state index in [2.05, 4.69) is 9.98 Å². The molecular formula is C19H20ClN3O2. The summed E-state index contributed by atoms with van der Waals surface area (Å²) in [6.45, 7) is 3.95. The van der Waals surface area contributed by atoms with Crippen molar-refractivity contribution < 1.29 is 9.15 Å². The Morgan fingerprint density at radius 2 is 2.00 bits per heavy atom. The predicted octanol–water partition coefficient (Wildman–Crippen LogP) is 4.59. The van der Waals surface area contributed by atoms with E-state index in [-0.39, 0.29) is 18.5 Å². The monoisotopic (exact) mass is 357 g/mol. The van der Waals surface area contributed by atoms with Crippen molar-refractivity contribution in [3.05, 3.63) is 66.7 Å². The molecule has 2 N–H and O–H groups in total. The molecule has 2 aromatic heterocycles. The van der Waals surface area contributed by atoms with Crippen LogP contribution in [0.3, 0.4) is 0 Å². The molecule has 5 nitrogen and oxygen atoms in total.